The highest BCUT2D eigenvalue weighted by Crippen LogP contribution is 2.18. The predicted molar refractivity (Wildman–Crippen MR) is 63.7 cm³/mol. The molecule has 0 heterocycles. The molecule has 0 aliphatic heterocycles. The molecule has 0 aliphatic rings. The number of benzene rings is 1. The second kappa shape index (κ2) is 6.06. The third-order valence-corrected chi connectivity index (χ3v) is 2.89. The first-order valence-corrected chi connectivity index (χ1v) is 5.74. The highest BCUT2D eigenvalue weighted by molar-refractivity contribution is 6.33. The molecule has 16 heavy (non-hydrogen) atoms. The van der Waals surface area contributed by atoms with E-state index in [1.54, 1.807) is 0 Å². The lowest BCUT2D eigenvalue weighted by Gasteiger charge is -2.10. The number of nitrogens with one attached hydrogen (secondary N) is 1. The second-order valence-electron chi connectivity index (χ2n) is 3.31. The fraction of sp³-hybridized carbons (Fsp3) is 0.364. The van der Waals surface area contributed by atoms with E-state index in [0.717, 1.165) is 6.42 Å². The Kier molecular flexibility index (Phi) is 5.03. The van der Waals surface area contributed by atoms with Crippen molar-refractivity contribution in [3.63, 3.8) is 0 Å². The highest BCUT2D eigenvalue weighted by Gasteiger charge is 2.15. The van der Waals surface area contributed by atoms with Gasteiger partial charge in [-0.1, -0.05) is 24.6 Å². The van der Waals surface area contributed by atoms with Crippen LogP contribution in [-0.4, -0.2) is 17.8 Å². The quantitative estimate of drug-likeness (QED) is 0.831. The first kappa shape index (κ1) is 13.3. The third kappa shape index (κ3) is 3.35. The molecule has 5 heteroatoms. The molecule has 1 rings (SSSR count). The number of rotatable bonds is 4. The normalized spacial score (nSPS) is 12.2. The Hall–Kier alpha value is -0.800. The van der Waals surface area contributed by atoms with E-state index < -0.39 is 11.7 Å². The van der Waals surface area contributed by atoms with E-state index in [9.17, 15) is 9.18 Å². The maximum absolute atomic E-state index is 13.3. The fourth-order valence-corrected chi connectivity index (χ4v) is 1.48. The zero-order chi connectivity index (χ0) is 12.1. The second-order valence-corrected chi connectivity index (χ2v) is 4.34. The molecular formula is C11H12Cl2FNO. The summed E-state index contributed by atoms with van der Waals surface area (Å²) in [5.74, 6) is -1.17. The van der Waals surface area contributed by atoms with Gasteiger partial charge in [0.1, 0.15) is 5.82 Å². The van der Waals surface area contributed by atoms with Crippen molar-refractivity contribution >= 4 is 29.1 Å². The Labute approximate surface area is 104 Å². The molecule has 0 aromatic heterocycles. The number of halogens is 3. The Morgan fingerprint density at radius 2 is 2.25 bits per heavy atom. The van der Waals surface area contributed by atoms with E-state index in [1.807, 2.05) is 6.92 Å². The first-order valence-electron chi connectivity index (χ1n) is 4.92. The van der Waals surface area contributed by atoms with Gasteiger partial charge in [0, 0.05) is 6.54 Å². The van der Waals surface area contributed by atoms with Gasteiger partial charge in [-0.05, 0) is 18.6 Å². The smallest absolute Gasteiger partial charge is 0.255 e. The van der Waals surface area contributed by atoms with E-state index in [-0.39, 0.29) is 16.0 Å². The van der Waals surface area contributed by atoms with E-state index in [2.05, 4.69) is 5.32 Å². The van der Waals surface area contributed by atoms with Gasteiger partial charge in [-0.25, -0.2) is 4.39 Å². The van der Waals surface area contributed by atoms with Crippen molar-refractivity contribution in [1.29, 1.82) is 0 Å². The molecule has 0 aliphatic carbocycles. The molecule has 0 fully saturated rings. The highest BCUT2D eigenvalue weighted by atomic mass is 35.5. The summed E-state index contributed by atoms with van der Waals surface area (Å²) in [5, 5.41) is 2.48. The van der Waals surface area contributed by atoms with Crippen LogP contribution in [0.2, 0.25) is 5.02 Å². The van der Waals surface area contributed by atoms with Gasteiger partial charge in [0.15, 0.2) is 0 Å². The van der Waals surface area contributed by atoms with Crippen LogP contribution < -0.4 is 5.32 Å². The van der Waals surface area contributed by atoms with Crippen molar-refractivity contribution in [1.82, 2.24) is 5.32 Å². The lowest BCUT2D eigenvalue weighted by molar-refractivity contribution is 0.0949. The average Bonchev–Trinajstić information content (AvgIpc) is 2.25. The molecule has 0 radical (unpaired) electrons. The van der Waals surface area contributed by atoms with Crippen LogP contribution in [0.4, 0.5) is 4.39 Å². The number of amides is 1. The monoisotopic (exact) mass is 263 g/mol. The summed E-state index contributed by atoms with van der Waals surface area (Å²) in [6.07, 6.45) is 0.729. The van der Waals surface area contributed by atoms with Crippen molar-refractivity contribution in [3.05, 3.63) is 34.6 Å². The molecule has 1 aromatic carbocycles. The summed E-state index contributed by atoms with van der Waals surface area (Å²) >= 11 is 11.6. The van der Waals surface area contributed by atoms with Crippen LogP contribution in [-0.2, 0) is 0 Å². The van der Waals surface area contributed by atoms with Crippen molar-refractivity contribution in [3.8, 4) is 0 Å². The summed E-state index contributed by atoms with van der Waals surface area (Å²) in [4.78, 5) is 11.6. The minimum atomic E-state index is -0.632. The molecule has 1 aromatic rings. The minimum Gasteiger partial charge on any atom is -0.350 e. The fourth-order valence-electron chi connectivity index (χ4n) is 1.15. The van der Waals surface area contributed by atoms with Crippen molar-refractivity contribution < 1.29 is 9.18 Å². The molecule has 1 unspecified atom stereocenters. The average molecular weight is 264 g/mol. The predicted octanol–water partition coefficient (Wildman–Crippen LogP) is 3.23. The van der Waals surface area contributed by atoms with Gasteiger partial charge in [-0.2, -0.15) is 0 Å². The summed E-state index contributed by atoms with van der Waals surface area (Å²) in [6, 6.07) is 4.11. The lowest BCUT2D eigenvalue weighted by atomic mass is 10.2. The van der Waals surface area contributed by atoms with Crippen molar-refractivity contribution in [2.24, 2.45) is 0 Å². The zero-order valence-electron chi connectivity index (χ0n) is 8.77. The number of alkyl halides is 1. The molecule has 0 spiro atoms. The van der Waals surface area contributed by atoms with Crippen LogP contribution in [0, 0.1) is 5.82 Å². The van der Waals surface area contributed by atoms with Crippen LogP contribution >= 0.6 is 23.2 Å². The van der Waals surface area contributed by atoms with E-state index in [4.69, 9.17) is 23.2 Å². The summed E-state index contributed by atoms with van der Waals surface area (Å²) < 4.78 is 13.3. The Bertz CT molecular complexity index is 364. The zero-order valence-corrected chi connectivity index (χ0v) is 10.3. The maximum atomic E-state index is 13.3. The first-order chi connectivity index (χ1) is 7.56. The third-order valence-electron chi connectivity index (χ3n) is 2.12. The van der Waals surface area contributed by atoms with E-state index in [1.165, 1.54) is 18.2 Å². The summed E-state index contributed by atoms with van der Waals surface area (Å²) in [5.41, 5.74) is -0.135. The number of carbonyl (C=O) groups excluding carboxylic acids is 1. The molecule has 2 nitrogen and oxygen atoms in total. The Morgan fingerprint density at radius 3 is 2.81 bits per heavy atom. The van der Waals surface area contributed by atoms with Gasteiger partial charge in [0.2, 0.25) is 0 Å². The van der Waals surface area contributed by atoms with Crippen molar-refractivity contribution in [2.75, 3.05) is 6.54 Å². The molecule has 1 atom stereocenters. The number of hydrogen-bond donors (Lipinski definition) is 1. The van der Waals surface area contributed by atoms with Crippen LogP contribution in [0.5, 0.6) is 0 Å². The largest absolute Gasteiger partial charge is 0.350 e. The molecular weight excluding hydrogens is 252 g/mol. The maximum Gasteiger partial charge on any atom is 0.255 e. The van der Waals surface area contributed by atoms with Gasteiger partial charge in [0.25, 0.3) is 5.91 Å². The SMILES string of the molecule is CCC(Cl)CNC(=O)c1c(F)cccc1Cl. The summed E-state index contributed by atoms with van der Waals surface area (Å²) in [6.45, 7) is 2.20. The molecule has 1 amide bonds. The van der Waals surface area contributed by atoms with Crippen molar-refractivity contribution in [2.45, 2.75) is 18.7 Å². The number of hydrogen-bond acceptors (Lipinski definition) is 1. The van der Waals surface area contributed by atoms with Crippen LogP contribution in [0.15, 0.2) is 18.2 Å². The summed E-state index contributed by atoms with van der Waals surface area (Å²) in [7, 11) is 0. The van der Waals surface area contributed by atoms with Gasteiger partial charge >= 0.3 is 0 Å². The molecule has 0 saturated heterocycles. The van der Waals surface area contributed by atoms with Crippen LogP contribution in [0.1, 0.15) is 23.7 Å². The van der Waals surface area contributed by atoms with Gasteiger partial charge < -0.3 is 5.32 Å². The molecule has 88 valence electrons. The van der Waals surface area contributed by atoms with Crippen LogP contribution in [0.3, 0.4) is 0 Å². The van der Waals surface area contributed by atoms with Crippen LogP contribution in [0.25, 0.3) is 0 Å². The van der Waals surface area contributed by atoms with Gasteiger partial charge in [0.05, 0.1) is 16.0 Å². The van der Waals surface area contributed by atoms with Gasteiger partial charge in [-0.3, -0.25) is 4.79 Å². The Balaban J connectivity index is 2.73. The number of carbonyl (C=O) groups is 1. The standard InChI is InChI=1S/C11H12Cl2FNO/c1-2-7(12)6-15-11(16)10-8(13)4-3-5-9(10)14/h3-5,7H,2,6H2,1H3,(H,15,16). The molecule has 0 bridgehead atoms. The Morgan fingerprint density at radius 1 is 1.56 bits per heavy atom. The molecule has 1 N–H and O–H groups in total. The topological polar surface area (TPSA) is 29.1 Å². The lowest BCUT2D eigenvalue weighted by Crippen LogP contribution is -2.30. The van der Waals surface area contributed by atoms with Gasteiger partial charge in [-0.15, -0.1) is 11.6 Å². The van der Waals surface area contributed by atoms with E-state index in [0.29, 0.717) is 6.54 Å². The molecule has 0 saturated carbocycles. The van der Waals surface area contributed by atoms with E-state index >= 15 is 0 Å². The minimum absolute atomic E-state index is 0.0973.